The minimum absolute atomic E-state index is 0.278. The third kappa shape index (κ3) is 5.34. The Kier molecular flexibility index (Phi) is 7.38. The van der Waals surface area contributed by atoms with E-state index in [0.29, 0.717) is 37.5 Å². The second-order valence-corrected chi connectivity index (χ2v) is 9.14. The number of hydrogen-bond acceptors (Lipinski definition) is 6. The summed E-state index contributed by atoms with van der Waals surface area (Å²) in [5.74, 6) is 0.0301. The Morgan fingerprint density at radius 1 is 0.941 bits per heavy atom. The van der Waals surface area contributed by atoms with Crippen molar-refractivity contribution in [1.82, 2.24) is 5.43 Å². The van der Waals surface area contributed by atoms with Gasteiger partial charge in [0.05, 0.1) is 28.4 Å². The number of carbonyl (C=O) groups is 2. The summed E-state index contributed by atoms with van der Waals surface area (Å²) in [6.45, 7) is 0. The average molecular weight is 534 g/mol. The molecule has 1 amide bonds. The van der Waals surface area contributed by atoms with Gasteiger partial charge in [-0.25, -0.2) is 10.2 Å². The van der Waals surface area contributed by atoms with Crippen LogP contribution >= 0.6 is 46.1 Å². The number of halogens is 3. The maximum atomic E-state index is 12.7. The fourth-order valence-corrected chi connectivity index (χ4v) is 4.66. The number of esters is 1. The van der Waals surface area contributed by atoms with Crippen LogP contribution in [0.2, 0.25) is 15.1 Å². The first kappa shape index (κ1) is 24.0. The van der Waals surface area contributed by atoms with E-state index < -0.39 is 11.9 Å². The van der Waals surface area contributed by atoms with E-state index in [1.807, 2.05) is 6.07 Å². The van der Waals surface area contributed by atoms with Gasteiger partial charge < -0.3 is 9.47 Å². The summed E-state index contributed by atoms with van der Waals surface area (Å²) in [5, 5.41) is 5.66. The minimum Gasteiger partial charge on any atom is -0.497 e. The van der Waals surface area contributed by atoms with E-state index in [0.717, 1.165) is 10.1 Å². The van der Waals surface area contributed by atoms with Crippen molar-refractivity contribution in [2.24, 2.45) is 5.10 Å². The van der Waals surface area contributed by atoms with E-state index in [-0.39, 0.29) is 5.02 Å². The lowest BCUT2D eigenvalue weighted by Gasteiger charge is -2.04. The zero-order chi connectivity index (χ0) is 24.2. The number of thiophene rings is 1. The molecule has 10 heteroatoms. The standard InChI is InChI=1S/C24H15Cl3N2O4S/c1-32-16-7-8-17-20(11-16)34-22(21(17)27)24(31)33-15-5-2-13(3-6-15)12-28-29-23(30)14-4-9-18(25)19(26)10-14/h2-12H,1H3,(H,29,30)/b28-12+. The van der Waals surface area contributed by atoms with Gasteiger partial charge in [-0.3, -0.25) is 4.79 Å². The maximum Gasteiger partial charge on any atom is 0.355 e. The molecule has 6 nitrogen and oxygen atoms in total. The van der Waals surface area contributed by atoms with Gasteiger partial charge in [-0.05, 0) is 66.2 Å². The van der Waals surface area contributed by atoms with Crippen LogP contribution in [0, 0.1) is 0 Å². The molecule has 0 fully saturated rings. The fourth-order valence-electron chi connectivity index (χ4n) is 2.95. The molecule has 4 aromatic rings. The summed E-state index contributed by atoms with van der Waals surface area (Å²) >= 11 is 19.4. The molecule has 0 aliphatic carbocycles. The van der Waals surface area contributed by atoms with Crippen LogP contribution in [0.4, 0.5) is 0 Å². The quantitative estimate of drug-likeness (QED) is 0.127. The number of fused-ring (bicyclic) bond motifs is 1. The van der Waals surface area contributed by atoms with Crippen molar-refractivity contribution >= 4 is 74.3 Å². The molecule has 0 aliphatic heterocycles. The van der Waals surface area contributed by atoms with Crippen LogP contribution < -0.4 is 14.9 Å². The number of methoxy groups -OCH3 is 1. The fraction of sp³-hybridized carbons (Fsp3) is 0.0417. The van der Waals surface area contributed by atoms with Gasteiger partial charge in [-0.1, -0.05) is 34.8 Å². The Morgan fingerprint density at radius 3 is 2.38 bits per heavy atom. The summed E-state index contributed by atoms with van der Waals surface area (Å²) in [7, 11) is 1.57. The average Bonchev–Trinajstić information content (AvgIpc) is 3.17. The molecule has 4 rings (SSSR count). The van der Waals surface area contributed by atoms with Crippen molar-refractivity contribution < 1.29 is 19.1 Å². The van der Waals surface area contributed by atoms with Gasteiger partial charge in [0.2, 0.25) is 0 Å². The monoisotopic (exact) mass is 532 g/mol. The number of amides is 1. The largest absolute Gasteiger partial charge is 0.497 e. The zero-order valence-corrected chi connectivity index (χ0v) is 20.6. The van der Waals surface area contributed by atoms with E-state index in [9.17, 15) is 9.59 Å². The first-order valence-corrected chi connectivity index (χ1v) is 11.7. The number of nitrogens with zero attached hydrogens (tertiary/aromatic N) is 1. The van der Waals surface area contributed by atoms with E-state index >= 15 is 0 Å². The minimum atomic E-state index is -0.555. The summed E-state index contributed by atoms with van der Waals surface area (Å²) < 4.78 is 11.5. The SMILES string of the molecule is COc1ccc2c(Cl)c(C(=O)Oc3ccc(/C=N/NC(=O)c4ccc(Cl)c(Cl)c4)cc3)sc2c1. The number of nitrogens with one attached hydrogen (secondary N) is 1. The van der Waals surface area contributed by atoms with Crippen molar-refractivity contribution in [1.29, 1.82) is 0 Å². The molecule has 1 heterocycles. The summed E-state index contributed by atoms with van der Waals surface area (Å²) in [6, 6.07) is 16.5. The van der Waals surface area contributed by atoms with Crippen molar-refractivity contribution in [2.75, 3.05) is 7.11 Å². The Balaban J connectivity index is 1.39. The molecular formula is C24H15Cl3N2O4S. The van der Waals surface area contributed by atoms with Crippen LogP contribution in [0.15, 0.2) is 65.8 Å². The second-order valence-electron chi connectivity index (χ2n) is 6.89. The summed E-state index contributed by atoms with van der Waals surface area (Å²) in [6.07, 6.45) is 1.46. The lowest BCUT2D eigenvalue weighted by Crippen LogP contribution is -2.17. The lowest BCUT2D eigenvalue weighted by atomic mass is 10.2. The summed E-state index contributed by atoms with van der Waals surface area (Å²) in [4.78, 5) is 25.1. The molecule has 0 bridgehead atoms. The molecule has 0 unspecified atom stereocenters. The molecule has 0 saturated carbocycles. The number of hydrazone groups is 1. The predicted molar refractivity (Wildman–Crippen MR) is 136 cm³/mol. The highest BCUT2D eigenvalue weighted by Gasteiger charge is 2.19. The van der Waals surface area contributed by atoms with Crippen LogP contribution in [-0.2, 0) is 0 Å². The molecule has 0 spiro atoms. The topological polar surface area (TPSA) is 77.0 Å². The third-order valence-corrected chi connectivity index (χ3v) is 7.05. The number of rotatable bonds is 6. The first-order chi connectivity index (χ1) is 16.4. The Bertz CT molecular complexity index is 1420. The van der Waals surface area contributed by atoms with E-state index in [1.54, 1.807) is 49.6 Å². The predicted octanol–water partition coefficient (Wildman–Crippen LogP) is 6.85. The zero-order valence-electron chi connectivity index (χ0n) is 17.5. The number of carbonyl (C=O) groups excluding carboxylic acids is 2. The van der Waals surface area contributed by atoms with E-state index in [1.165, 1.54) is 29.7 Å². The van der Waals surface area contributed by atoms with Gasteiger partial charge >= 0.3 is 5.97 Å². The van der Waals surface area contributed by atoms with Crippen molar-refractivity contribution in [3.63, 3.8) is 0 Å². The summed E-state index contributed by atoms with van der Waals surface area (Å²) in [5.41, 5.74) is 3.42. The van der Waals surface area contributed by atoms with Gasteiger partial charge in [-0.2, -0.15) is 5.10 Å². The van der Waals surface area contributed by atoms with Crippen LogP contribution in [0.5, 0.6) is 11.5 Å². The van der Waals surface area contributed by atoms with Gasteiger partial charge in [0.1, 0.15) is 16.4 Å². The number of ether oxygens (including phenoxy) is 2. The van der Waals surface area contributed by atoms with Crippen molar-refractivity contribution in [2.45, 2.75) is 0 Å². The molecule has 3 aromatic carbocycles. The molecule has 0 aliphatic rings. The highest BCUT2D eigenvalue weighted by Crippen LogP contribution is 2.37. The van der Waals surface area contributed by atoms with Gasteiger partial charge in [0.25, 0.3) is 5.91 Å². The number of benzene rings is 3. The lowest BCUT2D eigenvalue weighted by molar-refractivity contribution is 0.0739. The Labute approximate surface area is 213 Å². The Morgan fingerprint density at radius 2 is 1.68 bits per heavy atom. The highest BCUT2D eigenvalue weighted by atomic mass is 35.5. The molecule has 0 saturated heterocycles. The third-order valence-electron chi connectivity index (χ3n) is 4.67. The highest BCUT2D eigenvalue weighted by molar-refractivity contribution is 7.21. The van der Waals surface area contributed by atoms with Gasteiger partial charge in [0.15, 0.2) is 0 Å². The first-order valence-electron chi connectivity index (χ1n) is 9.72. The van der Waals surface area contributed by atoms with Crippen LogP contribution in [0.25, 0.3) is 10.1 Å². The molecular weight excluding hydrogens is 519 g/mol. The molecule has 0 radical (unpaired) electrons. The molecule has 1 aromatic heterocycles. The van der Waals surface area contributed by atoms with Crippen LogP contribution in [0.1, 0.15) is 25.6 Å². The van der Waals surface area contributed by atoms with Crippen molar-refractivity contribution in [3.05, 3.63) is 91.7 Å². The van der Waals surface area contributed by atoms with Crippen LogP contribution in [-0.4, -0.2) is 25.2 Å². The van der Waals surface area contributed by atoms with Crippen LogP contribution in [0.3, 0.4) is 0 Å². The van der Waals surface area contributed by atoms with Crippen molar-refractivity contribution in [3.8, 4) is 11.5 Å². The molecule has 34 heavy (non-hydrogen) atoms. The van der Waals surface area contributed by atoms with E-state index in [4.69, 9.17) is 44.3 Å². The molecule has 172 valence electrons. The molecule has 1 N–H and O–H groups in total. The van der Waals surface area contributed by atoms with Gasteiger partial charge in [-0.15, -0.1) is 11.3 Å². The van der Waals surface area contributed by atoms with E-state index in [2.05, 4.69) is 10.5 Å². The Hall–Kier alpha value is -3.10. The number of hydrogen-bond donors (Lipinski definition) is 1. The smallest absolute Gasteiger partial charge is 0.355 e. The maximum absolute atomic E-state index is 12.7. The normalized spacial score (nSPS) is 11.1. The second kappa shape index (κ2) is 10.4. The van der Waals surface area contributed by atoms with Gasteiger partial charge in [0, 0.05) is 15.6 Å². The molecule has 0 atom stereocenters.